The van der Waals surface area contributed by atoms with Crippen molar-refractivity contribution in [2.45, 2.75) is 18.4 Å². The molecular weight excluding hydrogens is 354 g/mol. The van der Waals surface area contributed by atoms with Crippen molar-refractivity contribution < 1.29 is 26.7 Å². The van der Waals surface area contributed by atoms with Crippen LogP contribution in [0.25, 0.3) is 0 Å². The van der Waals surface area contributed by atoms with E-state index in [1.54, 1.807) is 6.07 Å². The molecule has 0 aliphatic carbocycles. The van der Waals surface area contributed by atoms with Gasteiger partial charge in [-0.1, -0.05) is 6.07 Å². The molecule has 2 N–H and O–H groups in total. The minimum atomic E-state index is -3.59. The molecule has 0 aliphatic heterocycles. The predicted octanol–water partition coefficient (Wildman–Crippen LogP) is 2.76. The van der Waals surface area contributed by atoms with Crippen molar-refractivity contribution in [1.82, 2.24) is 4.72 Å². The number of nitrogens with one attached hydrogen (secondary N) is 2. The maximum atomic E-state index is 12.4. The summed E-state index contributed by atoms with van der Waals surface area (Å²) in [5.74, 6) is -0.547. The lowest BCUT2D eigenvalue weighted by Gasteiger charge is -2.13. The Balaban J connectivity index is 2.20. The zero-order valence-corrected chi connectivity index (χ0v) is 14.2. The molecule has 0 heterocycles. The number of amides is 1. The Labute approximate surface area is 143 Å². The Morgan fingerprint density at radius 3 is 2.32 bits per heavy atom. The minimum absolute atomic E-state index is 0.0232. The summed E-state index contributed by atoms with van der Waals surface area (Å²) in [7, 11) is -2.31. The molecule has 0 bridgehead atoms. The van der Waals surface area contributed by atoms with Crippen LogP contribution in [0.5, 0.6) is 5.75 Å². The number of halogens is 2. The van der Waals surface area contributed by atoms with E-state index in [9.17, 15) is 22.0 Å². The lowest BCUT2D eigenvalue weighted by atomic mass is 10.1. The van der Waals surface area contributed by atoms with E-state index >= 15 is 0 Å². The molecule has 9 heteroatoms. The first-order valence-corrected chi connectivity index (χ1v) is 8.62. The van der Waals surface area contributed by atoms with Crippen LogP contribution in [-0.4, -0.2) is 28.0 Å². The van der Waals surface area contributed by atoms with E-state index in [-0.39, 0.29) is 16.2 Å². The summed E-state index contributed by atoms with van der Waals surface area (Å²) in [6, 6.07) is 9.69. The van der Waals surface area contributed by atoms with Crippen LogP contribution in [-0.2, 0) is 10.0 Å². The summed E-state index contributed by atoms with van der Waals surface area (Å²) >= 11 is 0. The molecule has 2 rings (SSSR count). The van der Waals surface area contributed by atoms with Crippen LogP contribution >= 0.6 is 0 Å². The fraction of sp³-hybridized carbons (Fsp3) is 0.188. The average Bonchev–Trinajstić information content (AvgIpc) is 2.58. The van der Waals surface area contributed by atoms with Crippen molar-refractivity contribution in [3.63, 3.8) is 0 Å². The third-order valence-electron chi connectivity index (χ3n) is 3.44. The van der Waals surface area contributed by atoms with Gasteiger partial charge in [-0.25, -0.2) is 13.1 Å². The summed E-state index contributed by atoms with van der Waals surface area (Å²) in [5, 5.41) is 2.58. The van der Waals surface area contributed by atoms with Crippen LogP contribution in [0.4, 0.5) is 14.5 Å². The van der Waals surface area contributed by atoms with Gasteiger partial charge in [-0.3, -0.25) is 4.79 Å². The van der Waals surface area contributed by atoms with Crippen molar-refractivity contribution in [3.8, 4) is 5.75 Å². The second kappa shape index (κ2) is 7.58. The van der Waals surface area contributed by atoms with Gasteiger partial charge in [0.25, 0.3) is 5.91 Å². The SMILES string of the molecule is CNS(=O)(=O)c1ccc(C(=O)Nc2cccc(OC(F)F)c2C)cc1. The summed E-state index contributed by atoms with van der Waals surface area (Å²) in [5.41, 5.74) is 0.884. The number of benzene rings is 2. The van der Waals surface area contributed by atoms with Gasteiger partial charge in [0, 0.05) is 16.8 Å². The fourth-order valence-electron chi connectivity index (χ4n) is 2.07. The van der Waals surface area contributed by atoms with Crippen LogP contribution in [0.15, 0.2) is 47.4 Å². The number of ether oxygens (including phenoxy) is 1. The van der Waals surface area contributed by atoms with Gasteiger partial charge in [0.05, 0.1) is 4.90 Å². The molecule has 2 aromatic rings. The van der Waals surface area contributed by atoms with Crippen molar-refractivity contribution in [2.75, 3.05) is 12.4 Å². The van der Waals surface area contributed by atoms with Crippen molar-refractivity contribution in [2.24, 2.45) is 0 Å². The summed E-state index contributed by atoms with van der Waals surface area (Å²) in [6.45, 7) is -1.43. The zero-order valence-electron chi connectivity index (χ0n) is 13.4. The maximum Gasteiger partial charge on any atom is 0.387 e. The number of hydrogen-bond donors (Lipinski definition) is 2. The van der Waals surface area contributed by atoms with Gasteiger partial charge in [-0.15, -0.1) is 0 Å². The highest BCUT2D eigenvalue weighted by Gasteiger charge is 2.15. The molecule has 6 nitrogen and oxygen atoms in total. The molecule has 25 heavy (non-hydrogen) atoms. The average molecular weight is 370 g/mol. The van der Waals surface area contributed by atoms with Gasteiger partial charge < -0.3 is 10.1 Å². The third-order valence-corrected chi connectivity index (χ3v) is 4.87. The van der Waals surface area contributed by atoms with Gasteiger partial charge in [0.2, 0.25) is 10.0 Å². The highest BCUT2D eigenvalue weighted by atomic mass is 32.2. The quantitative estimate of drug-likeness (QED) is 0.819. The number of carbonyl (C=O) groups is 1. The molecule has 0 fully saturated rings. The summed E-state index contributed by atoms with van der Waals surface area (Å²) < 4.78 is 54.6. The van der Waals surface area contributed by atoms with Crippen LogP contribution in [0.1, 0.15) is 15.9 Å². The Hall–Kier alpha value is -2.52. The summed E-state index contributed by atoms with van der Waals surface area (Å²) in [4.78, 5) is 12.3. The van der Waals surface area contributed by atoms with Crippen LogP contribution < -0.4 is 14.8 Å². The molecule has 2 aromatic carbocycles. The van der Waals surface area contributed by atoms with E-state index < -0.39 is 22.5 Å². The molecule has 0 saturated carbocycles. The number of sulfonamides is 1. The van der Waals surface area contributed by atoms with Crippen LogP contribution in [0, 0.1) is 6.92 Å². The van der Waals surface area contributed by atoms with Crippen LogP contribution in [0.3, 0.4) is 0 Å². The van der Waals surface area contributed by atoms with E-state index in [1.807, 2.05) is 0 Å². The molecule has 0 radical (unpaired) electrons. The summed E-state index contributed by atoms with van der Waals surface area (Å²) in [6.07, 6.45) is 0. The first-order chi connectivity index (χ1) is 11.7. The van der Waals surface area contributed by atoms with E-state index in [0.717, 1.165) is 0 Å². The number of alkyl halides is 2. The smallest absolute Gasteiger partial charge is 0.387 e. The standard InChI is InChI=1S/C16H16F2N2O4S/c1-10-13(4-3-5-14(10)24-16(17)18)20-15(21)11-6-8-12(9-7-11)25(22,23)19-2/h3-9,16,19H,1-2H3,(H,20,21). The largest absolute Gasteiger partial charge is 0.434 e. The molecule has 1 amide bonds. The Morgan fingerprint density at radius 1 is 1.12 bits per heavy atom. The fourth-order valence-corrected chi connectivity index (χ4v) is 2.80. The highest BCUT2D eigenvalue weighted by molar-refractivity contribution is 7.89. The first kappa shape index (κ1) is 18.8. The van der Waals surface area contributed by atoms with Crippen molar-refractivity contribution in [1.29, 1.82) is 0 Å². The van der Waals surface area contributed by atoms with E-state index in [4.69, 9.17) is 0 Å². The third kappa shape index (κ3) is 4.52. The van der Waals surface area contributed by atoms with Gasteiger partial charge in [0.1, 0.15) is 5.75 Å². The van der Waals surface area contributed by atoms with Crippen LogP contribution in [0.2, 0.25) is 0 Å². The highest BCUT2D eigenvalue weighted by Crippen LogP contribution is 2.27. The Bertz CT molecular complexity index is 868. The number of carbonyl (C=O) groups excluding carboxylic acids is 1. The van der Waals surface area contributed by atoms with Gasteiger partial charge in [-0.05, 0) is 50.4 Å². The number of anilines is 1. The van der Waals surface area contributed by atoms with Crippen molar-refractivity contribution in [3.05, 3.63) is 53.6 Å². The molecule has 134 valence electrons. The molecule has 0 aliphatic rings. The molecule has 0 atom stereocenters. The predicted molar refractivity (Wildman–Crippen MR) is 88.5 cm³/mol. The molecule has 0 aromatic heterocycles. The number of hydrogen-bond acceptors (Lipinski definition) is 4. The van der Waals surface area contributed by atoms with Crippen molar-refractivity contribution >= 4 is 21.6 Å². The van der Waals surface area contributed by atoms with E-state index in [1.165, 1.54) is 50.4 Å². The first-order valence-electron chi connectivity index (χ1n) is 7.14. The second-order valence-electron chi connectivity index (χ2n) is 4.99. The Morgan fingerprint density at radius 2 is 1.76 bits per heavy atom. The molecule has 0 saturated heterocycles. The minimum Gasteiger partial charge on any atom is -0.434 e. The second-order valence-corrected chi connectivity index (χ2v) is 6.88. The van der Waals surface area contributed by atoms with Gasteiger partial charge >= 0.3 is 6.61 Å². The molecule has 0 unspecified atom stereocenters. The monoisotopic (exact) mass is 370 g/mol. The maximum absolute atomic E-state index is 12.4. The topological polar surface area (TPSA) is 84.5 Å². The normalized spacial score (nSPS) is 11.4. The molecular formula is C16H16F2N2O4S. The lowest BCUT2D eigenvalue weighted by molar-refractivity contribution is -0.0502. The molecule has 0 spiro atoms. The Kier molecular flexibility index (Phi) is 5.70. The zero-order chi connectivity index (χ0) is 18.6. The van der Waals surface area contributed by atoms with Gasteiger partial charge in [0.15, 0.2) is 0 Å². The van der Waals surface area contributed by atoms with E-state index in [2.05, 4.69) is 14.8 Å². The van der Waals surface area contributed by atoms with E-state index in [0.29, 0.717) is 11.3 Å². The number of rotatable bonds is 6. The lowest BCUT2D eigenvalue weighted by Crippen LogP contribution is -2.19. The van der Waals surface area contributed by atoms with Gasteiger partial charge in [-0.2, -0.15) is 8.78 Å².